The van der Waals surface area contributed by atoms with Gasteiger partial charge in [-0.15, -0.1) is 0 Å². The van der Waals surface area contributed by atoms with Crippen LogP contribution in [0.15, 0.2) is 36.4 Å². The first-order chi connectivity index (χ1) is 12.0. The average Bonchev–Trinajstić information content (AvgIpc) is 2.60. The van der Waals surface area contributed by atoms with E-state index in [0.29, 0.717) is 31.1 Å². The Labute approximate surface area is 148 Å². The van der Waals surface area contributed by atoms with Gasteiger partial charge in [-0.1, -0.05) is 18.2 Å². The average molecular weight is 344 g/mol. The first-order valence-electron chi connectivity index (χ1n) is 8.21. The highest BCUT2D eigenvalue weighted by molar-refractivity contribution is 5.67. The van der Waals surface area contributed by atoms with E-state index in [1.807, 2.05) is 38.1 Å². The maximum atomic E-state index is 10.7. The molecule has 0 aliphatic rings. The van der Waals surface area contributed by atoms with Gasteiger partial charge in [0.05, 0.1) is 7.11 Å². The lowest BCUT2D eigenvalue weighted by Gasteiger charge is -2.13. The molecule has 2 rings (SSSR count). The number of hydrogen-bond acceptors (Lipinski definition) is 4. The van der Waals surface area contributed by atoms with Gasteiger partial charge in [0.15, 0.2) is 11.5 Å². The lowest BCUT2D eigenvalue weighted by atomic mass is 10.1. The van der Waals surface area contributed by atoms with Gasteiger partial charge in [0, 0.05) is 6.42 Å². The summed E-state index contributed by atoms with van der Waals surface area (Å²) in [6.45, 7) is 4.85. The van der Waals surface area contributed by atoms with Crippen LogP contribution in [0.5, 0.6) is 17.2 Å². The summed E-state index contributed by atoms with van der Waals surface area (Å²) in [5.74, 6) is 1.25. The summed E-state index contributed by atoms with van der Waals surface area (Å²) >= 11 is 0. The smallest absolute Gasteiger partial charge is 0.303 e. The van der Waals surface area contributed by atoms with Gasteiger partial charge in [-0.25, -0.2) is 0 Å². The third-order valence-corrected chi connectivity index (χ3v) is 3.80. The summed E-state index contributed by atoms with van der Waals surface area (Å²) < 4.78 is 16.8. The van der Waals surface area contributed by atoms with Gasteiger partial charge in [0.25, 0.3) is 0 Å². The largest absolute Gasteiger partial charge is 0.493 e. The van der Waals surface area contributed by atoms with E-state index in [1.165, 1.54) is 0 Å². The molecule has 0 amide bonds. The minimum Gasteiger partial charge on any atom is -0.493 e. The fourth-order valence-electron chi connectivity index (χ4n) is 2.40. The molecule has 0 aromatic heterocycles. The molecule has 0 bridgehead atoms. The second kappa shape index (κ2) is 8.97. The van der Waals surface area contributed by atoms with E-state index in [4.69, 9.17) is 19.3 Å². The number of carboxylic acid groups (broad SMARTS) is 1. The molecule has 0 unspecified atom stereocenters. The third-order valence-electron chi connectivity index (χ3n) is 3.80. The molecule has 134 valence electrons. The number of carboxylic acids is 1. The fraction of sp³-hybridized carbons (Fsp3) is 0.350. The van der Waals surface area contributed by atoms with Crippen LogP contribution in [0.25, 0.3) is 0 Å². The molecule has 0 aliphatic carbocycles. The van der Waals surface area contributed by atoms with Crippen LogP contribution in [0.4, 0.5) is 0 Å². The Morgan fingerprint density at radius 2 is 1.68 bits per heavy atom. The summed E-state index contributed by atoms with van der Waals surface area (Å²) in [6.07, 6.45) is 0.550. The van der Waals surface area contributed by atoms with Crippen molar-refractivity contribution in [2.45, 2.75) is 26.7 Å². The van der Waals surface area contributed by atoms with Crippen LogP contribution in [0.2, 0.25) is 0 Å². The first kappa shape index (κ1) is 18.6. The van der Waals surface area contributed by atoms with Crippen LogP contribution >= 0.6 is 0 Å². The molecular formula is C20H24O5. The number of ether oxygens (including phenoxy) is 3. The molecule has 1 N–H and O–H groups in total. The quantitative estimate of drug-likeness (QED) is 0.701. The molecule has 0 saturated heterocycles. The number of rotatable bonds is 9. The zero-order valence-electron chi connectivity index (χ0n) is 14.9. The molecular weight excluding hydrogens is 320 g/mol. The van der Waals surface area contributed by atoms with Crippen molar-refractivity contribution in [1.82, 2.24) is 0 Å². The molecule has 0 radical (unpaired) electrons. The molecule has 2 aromatic rings. The summed E-state index contributed by atoms with van der Waals surface area (Å²) in [7, 11) is 1.57. The van der Waals surface area contributed by atoms with Crippen LogP contribution in [-0.2, 0) is 11.2 Å². The van der Waals surface area contributed by atoms with Gasteiger partial charge in [0.2, 0.25) is 0 Å². The Bertz CT molecular complexity index is 724. The topological polar surface area (TPSA) is 65.0 Å². The Kier molecular flexibility index (Phi) is 6.69. The van der Waals surface area contributed by atoms with E-state index in [-0.39, 0.29) is 6.42 Å². The van der Waals surface area contributed by atoms with E-state index in [2.05, 4.69) is 6.07 Å². The molecule has 5 nitrogen and oxygen atoms in total. The summed E-state index contributed by atoms with van der Waals surface area (Å²) in [5.41, 5.74) is 3.14. The van der Waals surface area contributed by atoms with E-state index in [0.717, 1.165) is 22.4 Å². The van der Waals surface area contributed by atoms with Crippen molar-refractivity contribution in [1.29, 1.82) is 0 Å². The standard InChI is InChI=1S/C20H24O5/c1-14-4-5-15(2)18(12-14)25-11-10-24-17-8-6-16(7-9-20(21)22)13-19(17)23-3/h4-6,8,12-13H,7,9-11H2,1-3H3,(H,21,22). The monoisotopic (exact) mass is 344 g/mol. The summed E-state index contributed by atoms with van der Waals surface area (Å²) in [6, 6.07) is 11.6. The van der Waals surface area contributed by atoms with Crippen molar-refractivity contribution >= 4 is 5.97 Å². The van der Waals surface area contributed by atoms with Gasteiger partial charge in [-0.2, -0.15) is 0 Å². The van der Waals surface area contributed by atoms with E-state index in [1.54, 1.807) is 13.2 Å². The van der Waals surface area contributed by atoms with Crippen LogP contribution in [0, 0.1) is 13.8 Å². The number of carbonyl (C=O) groups is 1. The van der Waals surface area contributed by atoms with Gasteiger partial charge in [-0.3, -0.25) is 4.79 Å². The molecule has 0 spiro atoms. The van der Waals surface area contributed by atoms with E-state index in [9.17, 15) is 4.79 Å². The zero-order chi connectivity index (χ0) is 18.2. The summed E-state index contributed by atoms with van der Waals surface area (Å²) in [4.78, 5) is 10.7. The lowest BCUT2D eigenvalue weighted by molar-refractivity contribution is -0.136. The molecule has 0 aliphatic heterocycles. The number of benzene rings is 2. The van der Waals surface area contributed by atoms with Crippen molar-refractivity contribution in [2.75, 3.05) is 20.3 Å². The number of hydrogen-bond donors (Lipinski definition) is 1. The van der Waals surface area contributed by atoms with Gasteiger partial charge >= 0.3 is 5.97 Å². The lowest BCUT2D eigenvalue weighted by Crippen LogP contribution is -2.10. The first-order valence-corrected chi connectivity index (χ1v) is 8.21. The highest BCUT2D eigenvalue weighted by Crippen LogP contribution is 2.28. The SMILES string of the molecule is COc1cc(CCC(=O)O)ccc1OCCOc1cc(C)ccc1C. The fourth-order valence-corrected chi connectivity index (χ4v) is 2.40. The minimum atomic E-state index is -0.817. The zero-order valence-corrected chi connectivity index (χ0v) is 14.9. The van der Waals surface area contributed by atoms with Crippen LogP contribution in [-0.4, -0.2) is 31.4 Å². The van der Waals surface area contributed by atoms with Crippen molar-refractivity contribution < 1.29 is 24.1 Å². The van der Waals surface area contributed by atoms with Gasteiger partial charge < -0.3 is 19.3 Å². The van der Waals surface area contributed by atoms with E-state index >= 15 is 0 Å². The van der Waals surface area contributed by atoms with Crippen molar-refractivity contribution in [2.24, 2.45) is 0 Å². The highest BCUT2D eigenvalue weighted by atomic mass is 16.5. The Morgan fingerprint density at radius 3 is 2.36 bits per heavy atom. The third kappa shape index (κ3) is 5.71. The number of aliphatic carboxylic acids is 1. The molecule has 0 saturated carbocycles. The second-order valence-corrected chi connectivity index (χ2v) is 5.84. The Hall–Kier alpha value is -2.69. The Balaban J connectivity index is 1.89. The molecule has 5 heteroatoms. The Morgan fingerprint density at radius 1 is 0.960 bits per heavy atom. The highest BCUT2D eigenvalue weighted by Gasteiger charge is 2.08. The molecule has 0 fully saturated rings. The number of methoxy groups -OCH3 is 1. The van der Waals surface area contributed by atoms with Crippen molar-refractivity contribution in [3.63, 3.8) is 0 Å². The maximum Gasteiger partial charge on any atom is 0.303 e. The second-order valence-electron chi connectivity index (χ2n) is 5.84. The van der Waals surface area contributed by atoms with Crippen LogP contribution < -0.4 is 14.2 Å². The predicted molar refractivity (Wildman–Crippen MR) is 95.9 cm³/mol. The molecule has 25 heavy (non-hydrogen) atoms. The van der Waals surface area contributed by atoms with Crippen LogP contribution in [0.3, 0.4) is 0 Å². The van der Waals surface area contributed by atoms with Gasteiger partial charge in [-0.05, 0) is 55.2 Å². The molecule has 0 atom stereocenters. The minimum absolute atomic E-state index is 0.0903. The van der Waals surface area contributed by atoms with Gasteiger partial charge in [0.1, 0.15) is 19.0 Å². The normalized spacial score (nSPS) is 10.4. The molecule has 2 aromatic carbocycles. The predicted octanol–water partition coefficient (Wildman–Crippen LogP) is 3.79. The van der Waals surface area contributed by atoms with E-state index < -0.39 is 5.97 Å². The van der Waals surface area contributed by atoms with Crippen LogP contribution in [0.1, 0.15) is 23.1 Å². The summed E-state index contributed by atoms with van der Waals surface area (Å²) in [5, 5.41) is 8.76. The van der Waals surface area contributed by atoms with Crippen molar-refractivity contribution in [3.05, 3.63) is 53.1 Å². The maximum absolute atomic E-state index is 10.7. The van der Waals surface area contributed by atoms with Crippen molar-refractivity contribution in [3.8, 4) is 17.2 Å². The molecule has 0 heterocycles. The number of aryl methyl sites for hydroxylation is 3.